The summed E-state index contributed by atoms with van der Waals surface area (Å²) in [7, 11) is 3.22. The molecule has 1 aliphatic heterocycles. The van der Waals surface area contributed by atoms with Crippen LogP contribution in [0, 0.1) is 0 Å². The van der Waals surface area contributed by atoms with Crippen molar-refractivity contribution in [3.8, 4) is 34.1 Å². The summed E-state index contributed by atoms with van der Waals surface area (Å²) in [5.74, 6) is 1.38. The summed E-state index contributed by atoms with van der Waals surface area (Å²) in [5, 5.41) is 0.415. The number of fused-ring (bicyclic) bond motifs is 3. The van der Waals surface area contributed by atoms with Crippen LogP contribution >= 0.6 is 0 Å². The van der Waals surface area contributed by atoms with Crippen molar-refractivity contribution in [1.29, 1.82) is 0 Å². The van der Waals surface area contributed by atoms with E-state index in [1.165, 1.54) is 6.26 Å². The fraction of sp³-hybridized carbons (Fsp3) is 0.176. The van der Waals surface area contributed by atoms with Crippen LogP contribution in [0.1, 0.15) is 29.0 Å². The van der Waals surface area contributed by atoms with Gasteiger partial charge in [-0.2, -0.15) is 0 Å². The van der Waals surface area contributed by atoms with E-state index >= 15 is 0 Å². The fourth-order valence-corrected chi connectivity index (χ4v) is 5.32. The Bertz CT molecular complexity index is 1770. The highest BCUT2D eigenvalue weighted by Gasteiger charge is 2.34. The first kappa shape index (κ1) is 26.2. The molecule has 0 saturated carbocycles. The number of hydrogen-bond acceptors (Lipinski definition) is 7. The number of benzene rings is 4. The predicted octanol–water partition coefficient (Wildman–Crippen LogP) is 6.54. The van der Waals surface area contributed by atoms with Crippen LogP contribution in [0.25, 0.3) is 22.1 Å². The van der Waals surface area contributed by atoms with Crippen molar-refractivity contribution in [2.75, 3.05) is 20.8 Å². The lowest BCUT2D eigenvalue weighted by molar-refractivity contribution is -0.135. The molecular formula is C34H28O7. The van der Waals surface area contributed by atoms with Crippen LogP contribution in [0.5, 0.6) is 23.0 Å². The normalized spacial score (nSPS) is 14.3. The van der Waals surface area contributed by atoms with Crippen molar-refractivity contribution in [2.45, 2.75) is 18.8 Å². The third-order valence-corrected chi connectivity index (χ3v) is 7.37. The highest BCUT2D eigenvalue weighted by Crippen LogP contribution is 2.47. The van der Waals surface area contributed by atoms with Crippen molar-refractivity contribution in [3.05, 3.63) is 118 Å². The average Bonchev–Trinajstić information content (AvgIpc) is 3.01. The number of hydrogen-bond donors (Lipinski definition) is 0. The van der Waals surface area contributed by atoms with Gasteiger partial charge in [0.15, 0.2) is 11.5 Å². The lowest BCUT2D eigenvalue weighted by Crippen LogP contribution is -2.22. The second kappa shape index (κ2) is 11.2. The lowest BCUT2D eigenvalue weighted by atomic mass is 9.84. The maximum Gasteiger partial charge on any atom is 0.312 e. The van der Waals surface area contributed by atoms with Crippen molar-refractivity contribution in [2.24, 2.45) is 0 Å². The second-order valence-corrected chi connectivity index (χ2v) is 9.75. The molecule has 206 valence electrons. The summed E-state index contributed by atoms with van der Waals surface area (Å²) in [6.45, 7) is 0.384. The third-order valence-electron chi connectivity index (χ3n) is 7.37. The van der Waals surface area contributed by atoms with E-state index in [0.29, 0.717) is 52.4 Å². The van der Waals surface area contributed by atoms with Crippen LogP contribution in [-0.4, -0.2) is 26.8 Å². The molecule has 1 atom stereocenters. The van der Waals surface area contributed by atoms with E-state index in [4.69, 9.17) is 23.4 Å². The number of esters is 1. The number of rotatable bonds is 8. The highest BCUT2D eigenvalue weighted by atomic mass is 16.5. The molecule has 0 fully saturated rings. The van der Waals surface area contributed by atoms with Crippen LogP contribution in [0.4, 0.5) is 0 Å². The van der Waals surface area contributed by atoms with Gasteiger partial charge in [0.2, 0.25) is 5.43 Å². The van der Waals surface area contributed by atoms with Crippen molar-refractivity contribution >= 4 is 16.9 Å². The van der Waals surface area contributed by atoms with Gasteiger partial charge in [0.1, 0.15) is 23.3 Å². The van der Waals surface area contributed by atoms with E-state index in [-0.39, 0.29) is 17.8 Å². The van der Waals surface area contributed by atoms with Crippen LogP contribution < -0.4 is 24.4 Å². The summed E-state index contributed by atoms with van der Waals surface area (Å²) in [6.07, 6.45) is 2.19. The molecule has 0 aliphatic carbocycles. The third kappa shape index (κ3) is 5.02. The minimum absolute atomic E-state index is 0.0538. The molecule has 6 rings (SSSR count). The molecule has 1 aromatic heterocycles. The fourth-order valence-electron chi connectivity index (χ4n) is 5.32. The van der Waals surface area contributed by atoms with E-state index in [1.54, 1.807) is 26.4 Å². The number of carbonyl (C=O) groups excluding carboxylic acids is 1. The standard InChI is InChI=1S/C34H28O7/c1-37-23-13-11-21(12-14-23)17-18-39-33-24(9-6-10-29(33)38-2)26-19-30(35)41-28-16-15-25-32(36)27(20-40-34(25)31(26)28)22-7-4-3-5-8-22/h3-16,20,26H,17-19H2,1-2H3/t26-/m0/s1. The number of para-hydroxylation sites is 1. The molecule has 7 heteroatoms. The smallest absolute Gasteiger partial charge is 0.312 e. The second-order valence-electron chi connectivity index (χ2n) is 9.75. The van der Waals surface area contributed by atoms with Crippen LogP contribution in [0.15, 0.2) is 100 Å². The number of carbonyl (C=O) groups is 1. The van der Waals surface area contributed by atoms with E-state index in [0.717, 1.165) is 22.4 Å². The summed E-state index contributed by atoms with van der Waals surface area (Å²) >= 11 is 0. The van der Waals surface area contributed by atoms with Crippen molar-refractivity contribution in [1.82, 2.24) is 0 Å². The molecule has 2 heterocycles. The average molecular weight is 549 g/mol. The largest absolute Gasteiger partial charge is 0.497 e. The van der Waals surface area contributed by atoms with Gasteiger partial charge in [-0.05, 0) is 41.5 Å². The Balaban J connectivity index is 1.41. The summed E-state index contributed by atoms with van der Waals surface area (Å²) < 4.78 is 29.0. The monoisotopic (exact) mass is 548 g/mol. The molecule has 4 aromatic carbocycles. The van der Waals surface area contributed by atoms with Gasteiger partial charge in [0.05, 0.1) is 38.2 Å². The van der Waals surface area contributed by atoms with Gasteiger partial charge >= 0.3 is 5.97 Å². The van der Waals surface area contributed by atoms with E-state index < -0.39 is 5.92 Å². The van der Waals surface area contributed by atoms with E-state index in [2.05, 4.69) is 0 Å². The minimum atomic E-state index is -0.480. The number of methoxy groups -OCH3 is 2. The maximum absolute atomic E-state index is 13.6. The Morgan fingerprint density at radius 1 is 0.854 bits per heavy atom. The first-order chi connectivity index (χ1) is 20.1. The lowest BCUT2D eigenvalue weighted by Gasteiger charge is -2.27. The minimum Gasteiger partial charge on any atom is -0.497 e. The molecule has 7 nitrogen and oxygen atoms in total. The highest BCUT2D eigenvalue weighted by molar-refractivity contribution is 5.90. The SMILES string of the molecule is COc1ccc(CCOc2c(OC)cccc2[C@@H]2CC(=O)Oc3ccc4c(=O)c(-c5ccccc5)coc4c32)cc1. The molecule has 1 aliphatic rings. The molecule has 5 aromatic rings. The van der Waals surface area contributed by atoms with Gasteiger partial charge in [-0.25, -0.2) is 0 Å². The van der Waals surface area contributed by atoms with E-state index in [9.17, 15) is 9.59 Å². The van der Waals surface area contributed by atoms with Crippen LogP contribution in [0.3, 0.4) is 0 Å². The summed E-state index contributed by atoms with van der Waals surface area (Å²) in [4.78, 5) is 26.4. The Morgan fingerprint density at radius 3 is 2.41 bits per heavy atom. The molecule has 0 amide bonds. The van der Waals surface area contributed by atoms with Crippen LogP contribution in [0.2, 0.25) is 0 Å². The Hall–Kier alpha value is -5.04. The summed E-state index contributed by atoms with van der Waals surface area (Å²) in [5.41, 5.74) is 3.94. The molecule has 0 saturated heterocycles. The van der Waals surface area contributed by atoms with Gasteiger partial charge in [-0.3, -0.25) is 9.59 Å². The molecule has 41 heavy (non-hydrogen) atoms. The molecule has 0 bridgehead atoms. The number of ether oxygens (including phenoxy) is 4. The molecular weight excluding hydrogens is 520 g/mol. The zero-order valence-corrected chi connectivity index (χ0v) is 22.7. The van der Waals surface area contributed by atoms with Gasteiger partial charge in [0.25, 0.3) is 0 Å². The maximum atomic E-state index is 13.6. The Morgan fingerprint density at radius 2 is 1.66 bits per heavy atom. The molecule has 0 unspecified atom stereocenters. The first-order valence-corrected chi connectivity index (χ1v) is 13.3. The predicted molar refractivity (Wildman–Crippen MR) is 155 cm³/mol. The van der Waals surface area contributed by atoms with Crippen molar-refractivity contribution < 1.29 is 28.2 Å². The first-order valence-electron chi connectivity index (χ1n) is 13.3. The topological polar surface area (TPSA) is 84.2 Å². The van der Waals surface area contributed by atoms with Crippen LogP contribution in [-0.2, 0) is 11.2 Å². The summed E-state index contributed by atoms with van der Waals surface area (Å²) in [6, 6.07) is 26.1. The zero-order valence-electron chi connectivity index (χ0n) is 22.7. The molecule has 0 N–H and O–H groups in total. The zero-order chi connectivity index (χ0) is 28.3. The van der Waals surface area contributed by atoms with E-state index in [1.807, 2.05) is 72.8 Å². The quantitative estimate of drug-likeness (QED) is 0.161. The van der Waals surface area contributed by atoms with Gasteiger partial charge in [0, 0.05) is 23.5 Å². The molecule has 0 radical (unpaired) electrons. The van der Waals surface area contributed by atoms with Gasteiger partial charge in [-0.15, -0.1) is 0 Å². The van der Waals surface area contributed by atoms with Gasteiger partial charge < -0.3 is 23.4 Å². The van der Waals surface area contributed by atoms with Crippen molar-refractivity contribution in [3.63, 3.8) is 0 Å². The van der Waals surface area contributed by atoms with Gasteiger partial charge in [-0.1, -0.05) is 54.6 Å². The molecule has 0 spiro atoms. The Labute approximate surface area is 236 Å². The Kier molecular flexibility index (Phi) is 7.17.